The number of urea groups is 1. The van der Waals surface area contributed by atoms with E-state index in [-0.39, 0.29) is 29.8 Å². The van der Waals surface area contributed by atoms with Crippen LogP contribution in [0.5, 0.6) is 11.5 Å². The normalized spacial score (nSPS) is 19.4. The van der Waals surface area contributed by atoms with Crippen molar-refractivity contribution in [3.63, 3.8) is 0 Å². The van der Waals surface area contributed by atoms with E-state index in [9.17, 15) is 19.5 Å². The summed E-state index contributed by atoms with van der Waals surface area (Å²) < 4.78 is 5.18. The van der Waals surface area contributed by atoms with Gasteiger partial charge in [-0.1, -0.05) is 29.5 Å². The molecule has 10 heteroatoms. The van der Waals surface area contributed by atoms with E-state index in [2.05, 4.69) is 27.5 Å². The largest absolute Gasteiger partial charge is 0.505 e. The minimum absolute atomic E-state index is 0.0709. The van der Waals surface area contributed by atoms with Crippen LogP contribution in [-0.2, 0) is 11.3 Å². The van der Waals surface area contributed by atoms with Gasteiger partial charge in [0.15, 0.2) is 16.4 Å². The Morgan fingerprint density at radius 1 is 1.32 bits per heavy atom. The molecule has 0 spiro atoms. The van der Waals surface area contributed by atoms with Gasteiger partial charge in [0.1, 0.15) is 5.75 Å². The van der Waals surface area contributed by atoms with Gasteiger partial charge in [0.25, 0.3) is 11.8 Å². The summed E-state index contributed by atoms with van der Waals surface area (Å²) in [6, 6.07) is 5.92. The number of fused-ring (bicyclic) bond motifs is 1. The fourth-order valence-corrected chi connectivity index (χ4v) is 3.56. The maximum atomic E-state index is 12.8. The van der Waals surface area contributed by atoms with Crippen LogP contribution in [0.25, 0.3) is 0 Å². The van der Waals surface area contributed by atoms with E-state index in [0.717, 1.165) is 5.56 Å². The molecule has 1 aromatic heterocycles. The van der Waals surface area contributed by atoms with Crippen LogP contribution in [0.2, 0.25) is 5.15 Å². The summed E-state index contributed by atoms with van der Waals surface area (Å²) in [6.07, 6.45) is 1.41. The molecule has 2 aliphatic heterocycles. The van der Waals surface area contributed by atoms with Crippen LogP contribution >= 0.6 is 11.6 Å². The number of nitrogens with zero attached hydrogens (tertiary/aromatic N) is 2. The molecule has 2 aliphatic rings. The van der Waals surface area contributed by atoms with Crippen molar-refractivity contribution in [2.45, 2.75) is 18.5 Å². The predicted octanol–water partition coefficient (Wildman–Crippen LogP) is 1.42. The fourth-order valence-electron chi connectivity index (χ4n) is 3.45. The first-order valence-corrected chi connectivity index (χ1v) is 9.66. The topological polar surface area (TPSA) is 121 Å². The van der Waals surface area contributed by atoms with Gasteiger partial charge in [-0.15, -0.1) is 0 Å². The number of pyridine rings is 1. The number of ether oxygens (including phenoxy) is 1. The molecule has 0 radical (unpaired) electrons. The molecule has 0 bridgehead atoms. The van der Waals surface area contributed by atoms with Crippen molar-refractivity contribution in [2.24, 2.45) is 0 Å². The smallest absolute Gasteiger partial charge is 0.323 e. The minimum Gasteiger partial charge on any atom is -0.505 e. The highest BCUT2D eigenvalue weighted by molar-refractivity contribution is 6.30. The Kier molecular flexibility index (Phi) is 5.17. The van der Waals surface area contributed by atoms with Crippen molar-refractivity contribution >= 4 is 29.4 Å². The number of rotatable bonds is 4. The molecule has 4 rings (SSSR count). The third kappa shape index (κ3) is 3.85. The molecule has 3 heterocycles. The molecule has 158 valence electrons. The Labute approximate surface area is 182 Å². The Morgan fingerprint density at radius 2 is 2.13 bits per heavy atom. The summed E-state index contributed by atoms with van der Waals surface area (Å²) in [7, 11) is 1.53. The SMILES string of the molecule is COc1ccc2c(c1)C(=O)N(CC[C@@]1(C#Cc3cnc(Cl)c(O)c3)NC(=O)NC1=O)C2. The molecule has 0 saturated carbocycles. The van der Waals surface area contributed by atoms with E-state index in [4.69, 9.17) is 16.3 Å². The number of halogens is 1. The van der Waals surface area contributed by atoms with E-state index in [1.807, 2.05) is 6.07 Å². The monoisotopic (exact) mass is 440 g/mol. The number of carbonyl (C=O) groups excluding carboxylic acids is 3. The van der Waals surface area contributed by atoms with Gasteiger partial charge < -0.3 is 20.1 Å². The molecule has 4 amide bonds. The summed E-state index contributed by atoms with van der Waals surface area (Å²) in [5.74, 6) is 5.04. The maximum Gasteiger partial charge on any atom is 0.323 e. The van der Waals surface area contributed by atoms with Crippen LogP contribution in [0.4, 0.5) is 4.79 Å². The van der Waals surface area contributed by atoms with E-state index in [1.165, 1.54) is 19.4 Å². The average molecular weight is 441 g/mol. The number of nitrogens with one attached hydrogen (secondary N) is 2. The first kappa shape index (κ1) is 20.5. The highest BCUT2D eigenvalue weighted by Gasteiger charge is 2.45. The lowest BCUT2D eigenvalue weighted by Crippen LogP contribution is -2.48. The summed E-state index contributed by atoms with van der Waals surface area (Å²) in [5, 5.41) is 14.3. The van der Waals surface area contributed by atoms with Gasteiger partial charge in [-0.3, -0.25) is 14.9 Å². The van der Waals surface area contributed by atoms with Crippen LogP contribution in [0.3, 0.4) is 0 Å². The van der Waals surface area contributed by atoms with Crippen LogP contribution < -0.4 is 15.4 Å². The van der Waals surface area contributed by atoms with Gasteiger partial charge >= 0.3 is 6.03 Å². The number of hydrogen-bond acceptors (Lipinski definition) is 6. The number of aromatic nitrogens is 1. The lowest BCUT2D eigenvalue weighted by Gasteiger charge is -2.23. The molecule has 2 aromatic rings. The quantitative estimate of drug-likeness (QED) is 0.375. The summed E-state index contributed by atoms with van der Waals surface area (Å²) in [5.41, 5.74) is 0.182. The third-order valence-corrected chi connectivity index (χ3v) is 5.43. The van der Waals surface area contributed by atoms with Crippen molar-refractivity contribution in [1.82, 2.24) is 20.5 Å². The second-order valence-corrected chi connectivity index (χ2v) is 7.46. The lowest BCUT2D eigenvalue weighted by atomic mass is 9.95. The number of carbonyl (C=O) groups is 3. The van der Waals surface area contributed by atoms with E-state index >= 15 is 0 Å². The molecule has 1 saturated heterocycles. The number of amides is 4. The number of imide groups is 1. The zero-order valence-corrected chi connectivity index (χ0v) is 17.1. The zero-order valence-electron chi connectivity index (χ0n) is 16.4. The standard InChI is InChI=1S/C21H17ClN4O5/c1-31-14-3-2-13-11-26(18(28)15(13)9-14)7-6-21(19(29)24-20(30)25-21)5-4-12-8-16(27)17(22)23-10-12/h2-3,8-10,27H,6-7,11H2,1H3,(H2,24,25,29,30)/t21-/m1/s1. The van der Waals surface area contributed by atoms with Crippen LogP contribution in [0, 0.1) is 11.8 Å². The number of aromatic hydroxyl groups is 1. The van der Waals surface area contributed by atoms with E-state index in [1.54, 1.807) is 17.0 Å². The Morgan fingerprint density at radius 3 is 2.81 bits per heavy atom. The second-order valence-electron chi connectivity index (χ2n) is 7.10. The van der Waals surface area contributed by atoms with Crippen LogP contribution in [0.1, 0.15) is 27.9 Å². The minimum atomic E-state index is -1.53. The van der Waals surface area contributed by atoms with Gasteiger partial charge in [-0.25, -0.2) is 9.78 Å². The summed E-state index contributed by atoms with van der Waals surface area (Å²) in [4.78, 5) is 42.5. The molecule has 31 heavy (non-hydrogen) atoms. The molecule has 3 N–H and O–H groups in total. The first-order valence-electron chi connectivity index (χ1n) is 9.29. The Hall–Kier alpha value is -3.77. The fraction of sp³-hybridized carbons (Fsp3) is 0.238. The predicted molar refractivity (Wildman–Crippen MR) is 110 cm³/mol. The number of methoxy groups -OCH3 is 1. The zero-order chi connectivity index (χ0) is 22.2. The summed E-state index contributed by atoms with van der Waals surface area (Å²) >= 11 is 5.70. The van der Waals surface area contributed by atoms with Crippen molar-refractivity contribution in [1.29, 1.82) is 0 Å². The Balaban J connectivity index is 1.56. The van der Waals surface area contributed by atoms with Crippen LogP contribution in [0.15, 0.2) is 30.5 Å². The van der Waals surface area contributed by atoms with Crippen molar-refractivity contribution < 1.29 is 24.2 Å². The number of hydrogen-bond donors (Lipinski definition) is 3. The van der Waals surface area contributed by atoms with Gasteiger partial charge in [0, 0.05) is 42.9 Å². The van der Waals surface area contributed by atoms with Gasteiger partial charge in [-0.2, -0.15) is 0 Å². The lowest BCUT2D eigenvalue weighted by molar-refractivity contribution is -0.122. The first-order chi connectivity index (χ1) is 14.8. The Bertz CT molecular complexity index is 1170. The second kappa shape index (κ2) is 7.81. The highest BCUT2D eigenvalue weighted by atomic mass is 35.5. The highest BCUT2D eigenvalue weighted by Crippen LogP contribution is 2.28. The van der Waals surface area contributed by atoms with Crippen molar-refractivity contribution in [2.75, 3.05) is 13.7 Å². The van der Waals surface area contributed by atoms with E-state index in [0.29, 0.717) is 23.4 Å². The molecule has 1 aromatic carbocycles. The molecule has 9 nitrogen and oxygen atoms in total. The maximum absolute atomic E-state index is 12.8. The van der Waals surface area contributed by atoms with Crippen molar-refractivity contribution in [3.05, 3.63) is 52.3 Å². The molecular weight excluding hydrogens is 424 g/mol. The molecular formula is C21H17ClN4O5. The van der Waals surface area contributed by atoms with Crippen LogP contribution in [-0.4, -0.2) is 52.0 Å². The van der Waals surface area contributed by atoms with Crippen molar-refractivity contribution in [3.8, 4) is 23.3 Å². The van der Waals surface area contributed by atoms with Gasteiger partial charge in [-0.05, 0) is 17.7 Å². The third-order valence-electron chi connectivity index (χ3n) is 5.13. The molecule has 0 aliphatic carbocycles. The molecule has 1 atom stereocenters. The average Bonchev–Trinajstić information content (AvgIpc) is 3.22. The van der Waals surface area contributed by atoms with Gasteiger partial charge in [0.05, 0.1) is 7.11 Å². The summed E-state index contributed by atoms with van der Waals surface area (Å²) in [6.45, 7) is 0.564. The van der Waals surface area contributed by atoms with Gasteiger partial charge in [0.2, 0.25) is 0 Å². The molecule has 0 unspecified atom stereocenters. The number of benzene rings is 1. The molecule has 1 fully saturated rings. The van der Waals surface area contributed by atoms with E-state index < -0.39 is 17.5 Å².